The summed E-state index contributed by atoms with van der Waals surface area (Å²) in [7, 11) is 4.15. The number of hydrogen-bond acceptors (Lipinski definition) is 3. The fourth-order valence-electron chi connectivity index (χ4n) is 3.79. The molecule has 1 aliphatic heterocycles. The van der Waals surface area contributed by atoms with Gasteiger partial charge < -0.3 is 0 Å². The van der Waals surface area contributed by atoms with Crippen LogP contribution in [0, 0.1) is 11.2 Å². The number of hydrogen-bond donors (Lipinski definition) is 1. The molecular weight excluding hydrogens is 434 g/mol. The zero-order chi connectivity index (χ0) is 17.9. The molecule has 5 nitrogen and oxygen atoms in total. The summed E-state index contributed by atoms with van der Waals surface area (Å²) in [5, 5.41) is 5.25. The van der Waals surface area contributed by atoms with Crippen molar-refractivity contribution >= 4 is 22.5 Å². The number of amides is 1. The molecule has 25 heavy (non-hydrogen) atoms. The first-order chi connectivity index (χ1) is 11.8. The summed E-state index contributed by atoms with van der Waals surface area (Å²) in [4.78, 5) is 12.5. The quantitative estimate of drug-likeness (QED) is 0.394. The van der Waals surface area contributed by atoms with Gasteiger partial charge in [0, 0.05) is 0 Å². The molecule has 1 aliphatic carbocycles. The van der Waals surface area contributed by atoms with Gasteiger partial charge in [-0.1, -0.05) is 0 Å². The van der Waals surface area contributed by atoms with Gasteiger partial charge in [0.2, 0.25) is 0 Å². The van der Waals surface area contributed by atoms with Crippen molar-refractivity contribution in [2.24, 2.45) is 10.5 Å². The van der Waals surface area contributed by atoms with Crippen molar-refractivity contribution < 1.29 is 30.7 Å². The number of nitrogens with zero attached hydrogens (tertiary/aromatic N) is 3. The Hall–Kier alpha value is -1.48. The number of halogens is 2. The van der Waals surface area contributed by atoms with Crippen molar-refractivity contribution in [2.75, 3.05) is 14.1 Å². The van der Waals surface area contributed by atoms with E-state index in [4.69, 9.17) is 0 Å². The topological polar surface area (TPSA) is 49.6 Å². The molecule has 0 bridgehead atoms. The molecule has 4 rings (SSSR count). The molecule has 2 heterocycles. The molecule has 0 spiro atoms. The van der Waals surface area contributed by atoms with E-state index in [0.717, 1.165) is 39.6 Å². The average molecular weight is 455 g/mol. The van der Waals surface area contributed by atoms with Gasteiger partial charge in [0.05, 0.1) is 0 Å². The van der Waals surface area contributed by atoms with Crippen LogP contribution in [0.25, 0.3) is 10.9 Å². The van der Waals surface area contributed by atoms with E-state index in [1.807, 2.05) is 0 Å². The minimum absolute atomic E-state index is 0.0577. The molecule has 134 valence electrons. The molecule has 0 saturated carbocycles. The second-order valence-electron chi connectivity index (χ2n) is 7.64. The first-order valence-corrected chi connectivity index (χ1v) is 10.7. The molecule has 1 N–H and O–H groups in total. The first-order valence-electron chi connectivity index (χ1n) is 8.25. The zero-order valence-corrected chi connectivity index (χ0v) is 16.9. The Morgan fingerprint density at radius 3 is 2.84 bits per heavy atom. The fraction of sp³-hybridized carbons (Fsp3) is 0.444. The molecule has 0 radical (unpaired) electrons. The number of carbonyl (C=O) groups is 1. The standard InChI is InChI=1S/C18H21FIN4O/c1-18(2)7-12-16-14(8-18)24(9-20-23(3)4)13-6-10(19)5-11(15(13)16)17(25)22-21-12/h5-6H,7-9H2,1-4H3,(H,22,25)/q-1. The van der Waals surface area contributed by atoms with Crippen LogP contribution in [0.15, 0.2) is 17.2 Å². The maximum atomic E-state index is 14.3. The van der Waals surface area contributed by atoms with E-state index in [2.05, 4.69) is 46.2 Å². The first kappa shape index (κ1) is 17.0. The van der Waals surface area contributed by atoms with Crippen LogP contribution in [0.4, 0.5) is 4.39 Å². The molecule has 0 fully saturated rings. The second-order valence-corrected chi connectivity index (χ2v) is 10.9. The van der Waals surface area contributed by atoms with E-state index >= 15 is 0 Å². The molecule has 1 amide bonds. The average Bonchev–Trinajstić information content (AvgIpc) is 2.73. The number of benzene rings is 1. The van der Waals surface area contributed by atoms with Crippen molar-refractivity contribution in [1.82, 2.24) is 13.1 Å². The van der Waals surface area contributed by atoms with Gasteiger partial charge in [-0.15, -0.1) is 0 Å². The molecule has 0 atom stereocenters. The van der Waals surface area contributed by atoms with Gasteiger partial charge in [-0.3, -0.25) is 0 Å². The van der Waals surface area contributed by atoms with E-state index in [0.29, 0.717) is 5.56 Å². The number of nitrogens with one attached hydrogen (secondary N) is 1. The summed E-state index contributed by atoms with van der Waals surface area (Å²) in [5.41, 5.74) is 7.03. The van der Waals surface area contributed by atoms with Crippen LogP contribution in [0.3, 0.4) is 0 Å². The van der Waals surface area contributed by atoms with E-state index in [1.165, 1.54) is 11.8 Å². The predicted octanol–water partition coefficient (Wildman–Crippen LogP) is -0.277. The Kier molecular flexibility index (Phi) is 3.91. The van der Waals surface area contributed by atoms with Gasteiger partial charge in [-0.25, -0.2) is 0 Å². The predicted molar refractivity (Wildman–Crippen MR) is 91.7 cm³/mol. The summed E-state index contributed by atoms with van der Waals surface area (Å²) in [6.45, 7) is 4.44. The molecule has 2 aromatic rings. The van der Waals surface area contributed by atoms with Crippen LogP contribution in [-0.4, -0.2) is 33.4 Å². The Morgan fingerprint density at radius 2 is 2.12 bits per heavy atom. The summed E-state index contributed by atoms with van der Waals surface area (Å²) < 4.78 is 19.6. The van der Waals surface area contributed by atoms with Gasteiger partial charge >= 0.3 is 157 Å². The van der Waals surface area contributed by atoms with Crippen LogP contribution < -0.4 is 26.9 Å². The third-order valence-electron chi connectivity index (χ3n) is 4.77. The van der Waals surface area contributed by atoms with Crippen molar-refractivity contribution in [3.63, 3.8) is 0 Å². The number of alkyl halides is 1. The third kappa shape index (κ3) is 2.77. The van der Waals surface area contributed by atoms with E-state index in [-0.39, 0.29) is 38.6 Å². The van der Waals surface area contributed by atoms with Crippen LogP contribution in [-0.2, 0) is 11.0 Å². The maximum absolute atomic E-state index is 14.3. The monoisotopic (exact) mass is 455 g/mol. The second kappa shape index (κ2) is 5.77. The molecule has 0 saturated heterocycles. The van der Waals surface area contributed by atoms with Gasteiger partial charge in [-0.05, 0) is 0 Å². The SMILES string of the molecule is CN(C)[I-]Cn1c2c3c4c(cc(F)cc41)C(=O)NN=C3CC(C)(C)C2. The van der Waals surface area contributed by atoms with E-state index in [9.17, 15) is 9.18 Å². The molecule has 0 unspecified atom stereocenters. The Labute approximate surface area is 156 Å². The number of hydrazone groups is 1. The van der Waals surface area contributed by atoms with Gasteiger partial charge in [0.25, 0.3) is 0 Å². The summed E-state index contributed by atoms with van der Waals surface area (Å²) in [5.74, 6) is -0.703. The zero-order valence-electron chi connectivity index (χ0n) is 14.8. The minimum atomic E-state index is -0.375. The third-order valence-corrected chi connectivity index (χ3v) is 7.12. The van der Waals surface area contributed by atoms with E-state index < -0.39 is 0 Å². The molecule has 1 aromatic heterocycles. The van der Waals surface area contributed by atoms with Crippen LogP contribution in [0.1, 0.15) is 41.9 Å². The normalized spacial score (nSPS) is 18.5. The summed E-state index contributed by atoms with van der Waals surface area (Å²) in [6.07, 6.45) is 1.71. The number of aromatic nitrogens is 1. The van der Waals surface area contributed by atoms with Crippen LogP contribution in [0.5, 0.6) is 0 Å². The van der Waals surface area contributed by atoms with Crippen molar-refractivity contribution in [3.05, 3.63) is 34.8 Å². The Bertz CT molecular complexity index is 929. The van der Waals surface area contributed by atoms with Gasteiger partial charge in [0.1, 0.15) is 0 Å². The Balaban J connectivity index is 2.06. The van der Waals surface area contributed by atoms with Crippen molar-refractivity contribution in [3.8, 4) is 0 Å². The summed E-state index contributed by atoms with van der Waals surface area (Å²) >= 11 is -0.209. The van der Waals surface area contributed by atoms with Crippen molar-refractivity contribution in [1.29, 1.82) is 0 Å². The number of carbonyl (C=O) groups excluding carboxylic acids is 1. The Morgan fingerprint density at radius 1 is 1.36 bits per heavy atom. The van der Waals surface area contributed by atoms with Crippen molar-refractivity contribution in [2.45, 2.75) is 31.2 Å². The fourth-order valence-corrected chi connectivity index (χ4v) is 5.49. The number of rotatable bonds is 3. The van der Waals surface area contributed by atoms with E-state index in [1.54, 1.807) is 6.07 Å². The summed E-state index contributed by atoms with van der Waals surface area (Å²) in [6, 6.07) is 2.90. The molecule has 7 heteroatoms. The molecular formula is C18H21FIN4O-. The molecule has 1 aromatic carbocycles. The van der Waals surface area contributed by atoms with Crippen LogP contribution in [0.2, 0.25) is 0 Å². The molecule has 2 aliphatic rings. The van der Waals surface area contributed by atoms with Gasteiger partial charge in [-0.2, -0.15) is 0 Å². The van der Waals surface area contributed by atoms with Crippen LogP contribution >= 0.6 is 0 Å². The van der Waals surface area contributed by atoms with Gasteiger partial charge in [0.15, 0.2) is 0 Å².